The van der Waals surface area contributed by atoms with Gasteiger partial charge in [-0.15, -0.1) is 22.7 Å². The first-order valence-corrected chi connectivity index (χ1v) is 10.0. The van der Waals surface area contributed by atoms with Crippen molar-refractivity contribution >= 4 is 39.6 Å². The molecule has 0 aliphatic carbocycles. The molecule has 27 heavy (non-hydrogen) atoms. The zero-order valence-corrected chi connectivity index (χ0v) is 15.9. The van der Waals surface area contributed by atoms with Gasteiger partial charge in [-0.3, -0.25) is 15.3 Å². The molecule has 0 bridgehead atoms. The number of benzene rings is 1. The third kappa shape index (κ3) is 3.73. The molecule has 0 fully saturated rings. The second-order valence-corrected chi connectivity index (χ2v) is 8.35. The summed E-state index contributed by atoms with van der Waals surface area (Å²) in [5.74, 6) is -0.516. The predicted octanol–water partition coefficient (Wildman–Crippen LogP) is 4.19. The highest BCUT2D eigenvalue weighted by Crippen LogP contribution is 2.32. The molecular formula is C19H17N3O3S2. The van der Waals surface area contributed by atoms with Gasteiger partial charge in [-0.05, 0) is 35.7 Å². The van der Waals surface area contributed by atoms with E-state index < -0.39 is 5.91 Å². The summed E-state index contributed by atoms with van der Waals surface area (Å²) >= 11 is 2.84. The molecule has 0 saturated heterocycles. The third-order valence-corrected chi connectivity index (χ3v) is 6.60. The monoisotopic (exact) mass is 399 g/mol. The number of carbonyl (C=O) groups is 2. The molecule has 3 aromatic rings. The highest BCUT2D eigenvalue weighted by Gasteiger charge is 2.24. The van der Waals surface area contributed by atoms with Crippen molar-refractivity contribution < 1.29 is 14.8 Å². The Labute approximate surface area is 164 Å². The fourth-order valence-corrected chi connectivity index (χ4v) is 5.03. The predicted molar refractivity (Wildman–Crippen MR) is 106 cm³/mol. The number of rotatable bonds is 3. The van der Waals surface area contributed by atoms with E-state index in [2.05, 4.69) is 5.32 Å². The summed E-state index contributed by atoms with van der Waals surface area (Å²) in [6, 6.07) is 15.6. The van der Waals surface area contributed by atoms with Gasteiger partial charge in [0.05, 0.1) is 16.4 Å². The Hall–Kier alpha value is -2.68. The molecule has 0 unspecified atom stereocenters. The maximum Gasteiger partial charge on any atom is 0.322 e. The second-order valence-electron chi connectivity index (χ2n) is 6.13. The van der Waals surface area contributed by atoms with E-state index in [1.807, 2.05) is 42.5 Å². The fraction of sp³-hybridized carbons (Fsp3) is 0.158. The number of fused-ring (bicyclic) bond motifs is 1. The van der Waals surface area contributed by atoms with Gasteiger partial charge < -0.3 is 4.90 Å². The van der Waals surface area contributed by atoms with E-state index >= 15 is 0 Å². The van der Waals surface area contributed by atoms with Gasteiger partial charge in [0.15, 0.2) is 0 Å². The molecular weight excluding hydrogens is 382 g/mol. The van der Waals surface area contributed by atoms with Gasteiger partial charge in [-0.25, -0.2) is 10.3 Å². The molecule has 1 aliphatic rings. The van der Waals surface area contributed by atoms with Crippen molar-refractivity contribution in [1.29, 1.82) is 0 Å². The maximum absolute atomic E-state index is 12.6. The van der Waals surface area contributed by atoms with E-state index in [9.17, 15) is 9.59 Å². The lowest BCUT2D eigenvalue weighted by molar-refractivity contribution is 0.0711. The highest BCUT2D eigenvalue weighted by molar-refractivity contribution is 7.19. The van der Waals surface area contributed by atoms with E-state index in [1.165, 1.54) is 22.7 Å². The van der Waals surface area contributed by atoms with Crippen LogP contribution in [0.3, 0.4) is 0 Å². The van der Waals surface area contributed by atoms with Crippen LogP contribution in [0.2, 0.25) is 0 Å². The van der Waals surface area contributed by atoms with Crippen LogP contribution in [0.4, 0.5) is 9.80 Å². The lowest BCUT2D eigenvalue weighted by Gasteiger charge is -2.26. The molecule has 138 valence electrons. The second kappa shape index (κ2) is 7.51. The Morgan fingerprint density at radius 3 is 2.67 bits per heavy atom. The Morgan fingerprint density at radius 2 is 1.89 bits per heavy atom. The van der Waals surface area contributed by atoms with E-state index in [0.717, 1.165) is 25.9 Å². The number of hydrogen-bond donors (Lipinski definition) is 3. The van der Waals surface area contributed by atoms with Crippen LogP contribution in [-0.4, -0.2) is 28.6 Å². The minimum absolute atomic E-state index is 0.149. The molecule has 6 nitrogen and oxygen atoms in total. The Bertz CT molecular complexity index is 981. The maximum atomic E-state index is 12.6. The van der Waals surface area contributed by atoms with Gasteiger partial charge in [0, 0.05) is 16.3 Å². The summed E-state index contributed by atoms with van der Waals surface area (Å²) < 4.78 is 0. The summed E-state index contributed by atoms with van der Waals surface area (Å²) in [6.45, 7) is 1.05. The minimum atomic E-state index is -0.516. The average Bonchev–Trinajstić information content (AvgIpc) is 3.34. The molecule has 8 heteroatoms. The van der Waals surface area contributed by atoms with Crippen LogP contribution in [0.1, 0.15) is 20.1 Å². The third-order valence-electron chi connectivity index (χ3n) is 4.39. The summed E-state index contributed by atoms with van der Waals surface area (Å²) in [5.41, 5.74) is 3.84. The number of anilines is 1. The smallest absolute Gasteiger partial charge is 0.319 e. The molecule has 0 atom stereocenters. The van der Waals surface area contributed by atoms with Crippen LogP contribution >= 0.6 is 22.7 Å². The van der Waals surface area contributed by atoms with Crippen molar-refractivity contribution in [2.75, 3.05) is 11.9 Å². The summed E-state index contributed by atoms with van der Waals surface area (Å²) in [5, 5.41) is 12.5. The normalized spacial score (nSPS) is 13.1. The molecule has 1 aromatic carbocycles. The zero-order valence-electron chi connectivity index (χ0n) is 14.3. The first kappa shape index (κ1) is 17.7. The van der Waals surface area contributed by atoms with Gasteiger partial charge >= 0.3 is 6.03 Å². The topological polar surface area (TPSA) is 81.7 Å². The number of urea groups is 1. The number of thiophene rings is 2. The standard InChI is InChI=1S/C19H17N3O3S2/c23-18(21-25)15-10-13-8-9-22(11-16(13)26-15)19(24)20-17-7-6-14(27-17)12-4-2-1-3-5-12/h1-7,10,25H,8-9,11H2,(H,20,24)(H,21,23). The number of carbonyl (C=O) groups excluding carboxylic acids is 2. The van der Waals surface area contributed by atoms with Crippen LogP contribution in [-0.2, 0) is 13.0 Å². The largest absolute Gasteiger partial charge is 0.322 e. The lowest BCUT2D eigenvalue weighted by Crippen LogP contribution is -2.38. The summed E-state index contributed by atoms with van der Waals surface area (Å²) in [6.07, 6.45) is 0.692. The first-order chi connectivity index (χ1) is 13.1. The lowest BCUT2D eigenvalue weighted by atomic mass is 10.1. The van der Waals surface area contributed by atoms with Crippen molar-refractivity contribution in [3.63, 3.8) is 0 Å². The Morgan fingerprint density at radius 1 is 1.07 bits per heavy atom. The SMILES string of the molecule is O=C(NO)c1cc2c(s1)CN(C(=O)Nc1ccc(-c3ccccc3)s1)CC2. The molecule has 3 amide bonds. The molecule has 1 aliphatic heterocycles. The van der Waals surface area contributed by atoms with E-state index in [-0.39, 0.29) is 6.03 Å². The van der Waals surface area contributed by atoms with Crippen LogP contribution in [0.15, 0.2) is 48.5 Å². The van der Waals surface area contributed by atoms with Crippen molar-refractivity contribution in [1.82, 2.24) is 10.4 Å². The van der Waals surface area contributed by atoms with Crippen molar-refractivity contribution in [3.8, 4) is 10.4 Å². The summed E-state index contributed by atoms with van der Waals surface area (Å²) in [7, 11) is 0. The highest BCUT2D eigenvalue weighted by atomic mass is 32.1. The zero-order chi connectivity index (χ0) is 18.8. The Kier molecular flexibility index (Phi) is 4.93. The summed E-state index contributed by atoms with van der Waals surface area (Å²) in [4.78, 5) is 28.5. The van der Waals surface area contributed by atoms with E-state index in [1.54, 1.807) is 16.4 Å². The number of nitrogens with zero attached hydrogens (tertiary/aromatic N) is 1. The van der Waals surface area contributed by atoms with Crippen LogP contribution in [0.25, 0.3) is 10.4 Å². The van der Waals surface area contributed by atoms with E-state index in [4.69, 9.17) is 5.21 Å². The number of hydrogen-bond acceptors (Lipinski definition) is 5. The van der Waals surface area contributed by atoms with Crippen LogP contribution in [0.5, 0.6) is 0 Å². The molecule has 4 rings (SSSR count). The average molecular weight is 399 g/mol. The van der Waals surface area contributed by atoms with Gasteiger partial charge in [0.25, 0.3) is 5.91 Å². The van der Waals surface area contributed by atoms with Gasteiger partial charge in [-0.1, -0.05) is 30.3 Å². The van der Waals surface area contributed by atoms with Gasteiger partial charge in [0.2, 0.25) is 0 Å². The number of amides is 3. The first-order valence-electron chi connectivity index (χ1n) is 8.41. The Balaban J connectivity index is 1.43. The van der Waals surface area contributed by atoms with Crippen LogP contribution in [0, 0.1) is 0 Å². The fourth-order valence-electron chi connectivity index (χ4n) is 3.01. The number of hydroxylamine groups is 1. The minimum Gasteiger partial charge on any atom is -0.319 e. The van der Waals surface area contributed by atoms with Crippen molar-refractivity contribution in [2.24, 2.45) is 0 Å². The molecule has 3 heterocycles. The van der Waals surface area contributed by atoms with Gasteiger partial charge in [-0.2, -0.15) is 0 Å². The molecule has 0 radical (unpaired) electrons. The molecule has 0 spiro atoms. The van der Waals surface area contributed by atoms with Gasteiger partial charge in [0.1, 0.15) is 0 Å². The molecule has 2 aromatic heterocycles. The molecule has 3 N–H and O–H groups in total. The van der Waals surface area contributed by atoms with Crippen molar-refractivity contribution in [3.05, 3.63) is 63.8 Å². The molecule has 0 saturated carbocycles. The van der Waals surface area contributed by atoms with E-state index in [0.29, 0.717) is 24.4 Å². The van der Waals surface area contributed by atoms with Crippen molar-refractivity contribution in [2.45, 2.75) is 13.0 Å². The number of nitrogens with one attached hydrogen (secondary N) is 2. The van der Waals surface area contributed by atoms with Crippen LogP contribution < -0.4 is 10.8 Å². The quantitative estimate of drug-likeness (QED) is 0.456.